The molecule has 1 rings (SSSR count). The number of ether oxygens (including phenoxy) is 1. The average molecular weight is 272 g/mol. The van der Waals surface area contributed by atoms with E-state index in [1.165, 1.54) is 6.07 Å². The molecule has 1 aromatic carbocycles. The standard InChI is InChI=1S/C13H18F2N2O2/c1-8(2)11(16)12(18)17-7-9-5-3-4-6-10(9)19-13(14)15/h3-6,8,11,13H,7,16H2,1-2H3,(H,17,18)/t11-/m0/s1. The van der Waals surface area contributed by atoms with Crippen LogP contribution >= 0.6 is 0 Å². The molecule has 3 N–H and O–H groups in total. The van der Waals surface area contributed by atoms with Crippen molar-refractivity contribution in [3.8, 4) is 5.75 Å². The van der Waals surface area contributed by atoms with Gasteiger partial charge in [-0.05, 0) is 12.0 Å². The highest BCUT2D eigenvalue weighted by Crippen LogP contribution is 2.19. The molecule has 0 aromatic heterocycles. The molecule has 0 bridgehead atoms. The first-order valence-electron chi connectivity index (χ1n) is 5.97. The molecule has 0 unspecified atom stereocenters. The lowest BCUT2D eigenvalue weighted by Gasteiger charge is -2.16. The summed E-state index contributed by atoms with van der Waals surface area (Å²) in [5.74, 6) is -0.259. The SMILES string of the molecule is CC(C)[C@H](N)C(=O)NCc1ccccc1OC(F)F. The molecule has 0 radical (unpaired) electrons. The molecule has 0 aliphatic carbocycles. The predicted octanol–water partition coefficient (Wildman–Crippen LogP) is 1.89. The van der Waals surface area contributed by atoms with Crippen LogP contribution in [0, 0.1) is 5.92 Å². The maximum absolute atomic E-state index is 12.2. The number of rotatable bonds is 6. The number of nitrogens with one attached hydrogen (secondary N) is 1. The molecule has 106 valence electrons. The molecular weight excluding hydrogens is 254 g/mol. The van der Waals surface area contributed by atoms with E-state index in [0.29, 0.717) is 5.56 Å². The van der Waals surface area contributed by atoms with Crippen molar-refractivity contribution in [2.24, 2.45) is 11.7 Å². The molecule has 4 nitrogen and oxygen atoms in total. The first kappa shape index (κ1) is 15.4. The van der Waals surface area contributed by atoms with Crippen LogP contribution in [0.25, 0.3) is 0 Å². The van der Waals surface area contributed by atoms with Crippen LogP contribution in [0.3, 0.4) is 0 Å². The van der Waals surface area contributed by atoms with Crippen molar-refractivity contribution < 1.29 is 18.3 Å². The smallest absolute Gasteiger partial charge is 0.387 e. The number of carbonyl (C=O) groups excluding carboxylic acids is 1. The van der Waals surface area contributed by atoms with Crippen molar-refractivity contribution in [1.82, 2.24) is 5.32 Å². The second kappa shape index (κ2) is 7.04. The lowest BCUT2D eigenvalue weighted by Crippen LogP contribution is -2.43. The van der Waals surface area contributed by atoms with Crippen LogP contribution in [0.2, 0.25) is 0 Å². The van der Waals surface area contributed by atoms with Gasteiger partial charge >= 0.3 is 6.61 Å². The Balaban J connectivity index is 2.65. The number of hydrogen-bond acceptors (Lipinski definition) is 3. The number of alkyl halides is 2. The fraction of sp³-hybridized carbons (Fsp3) is 0.462. The van der Waals surface area contributed by atoms with Crippen LogP contribution < -0.4 is 15.8 Å². The van der Waals surface area contributed by atoms with Crippen molar-refractivity contribution >= 4 is 5.91 Å². The van der Waals surface area contributed by atoms with Gasteiger partial charge in [-0.3, -0.25) is 4.79 Å². The molecule has 0 aliphatic heterocycles. The zero-order valence-corrected chi connectivity index (χ0v) is 10.9. The van der Waals surface area contributed by atoms with Crippen molar-refractivity contribution in [2.45, 2.75) is 33.0 Å². The van der Waals surface area contributed by atoms with Crippen LogP contribution in [0.15, 0.2) is 24.3 Å². The normalized spacial score (nSPS) is 12.6. The minimum atomic E-state index is -2.89. The van der Waals surface area contributed by atoms with Gasteiger partial charge in [-0.15, -0.1) is 0 Å². The third-order valence-corrected chi connectivity index (χ3v) is 2.66. The van der Waals surface area contributed by atoms with Gasteiger partial charge in [-0.25, -0.2) is 0 Å². The van der Waals surface area contributed by atoms with E-state index in [-0.39, 0.29) is 24.1 Å². The van der Waals surface area contributed by atoms with Gasteiger partial charge in [0.15, 0.2) is 0 Å². The Morgan fingerprint density at radius 3 is 2.58 bits per heavy atom. The number of benzene rings is 1. The number of hydrogen-bond donors (Lipinski definition) is 2. The molecule has 0 saturated carbocycles. The molecule has 1 atom stereocenters. The first-order chi connectivity index (χ1) is 8.91. The Kier molecular flexibility index (Phi) is 5.69. The molecule has 6 heteroatoms. The Morgan fingerprint density at radius 2 is 2.00 bits per heavy atom. The highest BCUT2D eigenvalue weighted by Gasteiger charge is 2.17. The van der Waals surface area contributed by atoms with Crippen molar-refractivity contribution in [2.75, 3.05) is 0 Å². The van der Waals surface area contributed by atoms with Gasteiger partial charge in [0.2, 0.25) is 5.91 Å². The molecule has 0 heterocycles. The summed E-state index contributed by atoms with van der Waals surface area (Å²) in [5, 5.41) is 2.60. The lowest BCUT2D eigenvalue weighted by molar-refractivity contribution is -0.123. The third kappa shape index (κ3) is 4.82. The fourth-order valence-corrected chi connectivity index (χ4v) is 1.46. The Labute approximate surface area is 110 Å². The summed E-state index contributed by atoms with van der Waals surface area (Å²) in [6.45, 7) is 0.869. The highest BCUT2D eigenvalue weighted by molar-refractivity contribution is 5.81. The van der Waals surface area contributed by atoms with Gasteiger partial charge in [0, 0.05) is 12.1 Å². The minimum Gasteiger partial charge on any atom is -0.434 e. The summed E-state index contributed by atoms with van der Waals surface area (Å²) in [6.07, 6.45) is 0. The molecule has 19 heavy (non-hydrogen) atoms. The van der Waals surface area contributed by atoms with E-state index in [1.54, 1.807) is 18.2 Å². The van der Waals surface area contributed by atoms with Crippen molar-refractivity contribution in [1.29, 1.82) is 0 Å². The monoisotopic (exact) mass is 272 g/mol. The fourth-order valence-electron chi connectivity index (χ4n) is 1.46. The molecule has 1 aromatic rings. The van der Waals surface area contributed by atoms with Crippen LogP contribution in [0.1, 0.15) is 19.4 Å². The van der Waals surface area contributed by atoms with E-state index in [9.17, 15) is 13.6 Å². The zero-order valence-electron chi connectivity index (χ0n) is 10.9. The second-order valence-electron chi connectivity index (χ2n) is 4.47. The van der Waals surface area contributed by atoms with Crippen molar-refractivity contribution in [3.05, 3.63) is 29.8 Å². The molecule has 0 saturated heterocycles. The van der Waals surface area contributed by atoms with E-state index in [4.69, 9.17) is 5.73 Å². The maximum Gasteiger partial charge on any atom is 0.387 e. The number of carbonyl (C=O) groups is 1. The molecule has 0 aliphatic rings. The van der Waals surface area contributed by atoms with Gasteiger partial charge in [0.1, 0.15) is 5.75 Å². The molecule has 0 fully saturated rings. The molecule has 1 amide bonds. The largest absolute Gasteiger partial charge is 0.434 e. The van der Waals surface area contributed by atoms with E-state index >= 15 is 0 Å². The zero-order chi connectivity index (χ0) is 14.4. The van der Waals surface area contributed by atoms with E-state index in [0.717, 1.165) is 0 Å². The van der Waals surface area contributed by atoms with Crippen LogP contribution in [0.4, 0.5) is 8.78 Å². The van der Waals surface area contributed by atoms with Gasteiger partial charge in [0.25, 0.3) is 0 Å². The second-order valence-corrected chi connectivity index (χ2v) is 4.47. The average Bonchev–Trinajstić information content (AvgIpc) is 2.35. The van der Waals surface area contributed by atoms with Crippen LogP contribution in [-0.4, -0.2) is 18.6 Å². The van der Waals surface area contributed by atoms with Gasteiger partial charge in [-0.1, -0.05) is 32.0 Å². The molecule has 0 spiro atoms. The highest BCUT2D eigenvalue weighted by atomic mass is 19.3. The Morgan fingerprint density at radius 1 is 1.37 bits per heavy atom. The quantitative estimate of drug-likeness (QED) is 0.831. The van der Waals surface area contributed by atoms with Crippen LogP contribution in [0.5, 0.6) is 5.75 Å². The summed E-state index contributed by atoms with van der Waals surface area (Å²) in [7, 11) is 0. The van der Waals surface area contributed by atoms with Crippen LogP contribution in [-0.2, 0) is 11.3 Å². The number of halogens is 2. The van der Waals surface area contributed by atoms with Gasteiger partial charge in [-0.2, -0.15) is 8.78 Å². The number of nitrogens with two attached hydrogens (primary N) is 1. The topological polar surface area (TPSA) is 64.4 Å². The van der Waals surface area contributed by atoms with Crippen molar-refractivity contribution in [3.63, 3.8) is 0 Å². The lowest BCUT2D eigenvalue weighted by atomic mass is 10.0. The summed E-state index contributed by atoms with van der Waals surface area (Å²) >= 11 is 0. The van der Waals surface area contributed by atoms with Gasteiger partial charge in [0.05, 0.1) is 6.04 Å². The Hall–Kier alpha value is -1.69. The predicted molar refractivity (Wildman–Crippen MR) is 67.7 cm³/mol. The van der Waals surface area contributed by atoms with Gasteiger partial charge < -0.3 is 15.8 Å². The first-order valence-corrected chi connectivity index (χ1v) is 5.97. The maximum atomic E-state index is 12.2. The molecular formula is C13H18F2N2O2. The van der Waals surface area contributed by atoms with E-state index < -0.39 is 12.7 Å². The summed E-state index contributed by atoms with van der Waals surface area (Å²) in [5.41, 5.74) is 6.16. The number of amides is 1. The Bertz CT molecular complexity index is 425. The third-order valence-electron chi connectivity index (χ3n) is 2.66. The summed E-state index contributed by atoms with van der Waals surface area (Å²) in [4.78, 5) is 11.7. The minimum absolute atomic E-state index is 0.00700. The van der Waals surface area contributed by atoms with E-state index in [1.807, 2.05) is 13.8 Å². The summed E-state index contributed by atoms with van der Waals surface area (Å²) < 4.78 is 28.8. The summed E-state index contributed by atoms with van der Waals surface area (Å²) in [6, 6.07) is 5.68. The number of para-hydroxylation sites is 1. The van der Waals surface area contributed by atoms with E-state index in [2.05, 4.69) is 10.1 Å².